The molecule has 0 amide bonds. The Hall–Kier alpha value is -2.94. The summed E-state index contributed by atoms with van der Waals surface area (Å²) in [7, 11) is 1.51. The van der Waals surface area contributed by atoms with E-state index in [-0.39, 0.29) is 36.1 Å². The van der Waals surface area contributed by atoms with Gasteiger partial charge in [0.1, 0.15) is 5.82 Å². The number of ether oxygens (including phenoxy) is 1. The maximum atomic E-state index is 13.2. The van der Waals surface area contributed by atoms with Crippen molar-refractivity contribution in [3.63, 3.8) is 0 Å². The van der Waals surface area contributed by atoms with Crippen molar-refractivity contribution in [2.45, 2.75) is 39.5 Å². The first-order valence-corrected chi connectivity index (χ1v) is 8.92. The molecule has 2 aromatic heterocycles. The van der Waals surface area contributed by atoms with E-state index in [0.717, 1.165) is 10.1 Å². The summed E-state index contributed by atoms with van der Waals surface area (Å²) in [6.07, 6.45) is 0. The van der Waals surface area contributed by atoms with Gasteiger partial charge in [0.2, 0.25) is 0 Å². The molecule has 8 nitrogen and oxygen atoms in total. The van der Waals surface area contributed by atoms with Crippen molar-refractivity contribution in [1.29, 1.82) is 0 Å². The molecule has 0 unspecified atom stereocenters. The number of benzene rings is 1. The van der Waals surface area contributed by atoms with E-state index in [1.54, 1.807) is 23.6 Å². The van der Waals surface area contributed by atoms with Crippen LogP contribution in [-0.4, -0.2) is 36.0 Å². The monoisotopic (exact) mass is 390 g/mol. The normalized spacial score (nSPS) is 11.9. The number of nitrogens with zero attached hydrogens (tertiary/aromatic N) is 4. The van der Waals surface area contributed by atoms with E-state index in [1.165, 1.54) is 37.6 Å². The number of hydrogen-bond acceptors (Lipinski definition) is 5. The van der Waals surface area contributed by atoms with E-state index in [9.17, 15) is 19.1 Å². The van der Waals surface area contributed by atoms with Crippen LogP contribution in [0.25, 0.3) is 11.2 Å². The summed E-state index contributed by atoms with van der Waals surface area (Å²) in [5, 5.41) is 10.1. The third-order valence-corrected chi connectivity index (χ3v) is 4.27. The number of halogens is 1. The number of aliphatic hydroxyl groups is 1. The molecule has 0 aliphatic heterocycles. The first kappa shape index (κ1) is 19.8. The van der Waals surface area contributed by atoms with Crippen molar-refractivity contribution in [2.75, 3.05) is 6.61 Å². The fourth-order valence-corrected chi connectivity index (χ4v) is 3.04. The molecule has 0 radical (unpaired) electrons. The van der Waals surface area contributed by atoms with Crippen molar-refractivity contribution in [3.8, 4) is 6.01 Å². The fourth-order valence-electron chi connectivity index (χ4n) is 3.04. The van der Waals surface area contributed by atoms with Gasteiger partial charge < -0.3 is 9.84 Å². The molecule has 150 valence electrons. The predicted octanol–water partition coefficient (Wildman–Crippen LogP) is 1.25. The summed E-state index contributed by atoms with van der Waals surface area (Å²) in [5.41, 5.74) is -1.29. The van der Waals surface area contributed by atoms with Crippen LogP contribution in [-0.2, 0) is 20.1 Å². The third kappa shape index (κ3) is 3.70. The zero-order valence-corrected chi connectivity index (χ0v) is 16.3. The van der Waals surface area contributed by atoms with Crippen LogP contribution < -0.4 is 16.0 Å². The Bertz CT molecular complexity index is 1120. The zero-order valence-electron chi connectivity index (χ0n) is 16.3. The van der Waals surface area contributed by atoms with Crippen molar-refractivity contribution in [3.05, 3.63) is 56.5 Å². The van der Waals surface area contributed by atoms with Crippen molar-refractivity contribution < 1.29 is 14.2 Å². The number of fused-ring (bicyclic) bond motifs is 1. The van der Waals surface area contributed by atoms with E-state index in [2.05, 4.69) is 4.98 Å². The van der Waals surface area contributed by atoms with Gasteiger partial charge in [-0.15, -0.1) is 0 Å². The molecule has 9 heteroatoms. The van der Waals surface area contributed by atoms with E-state index in [4.69, 9.17) is 4.74 Å². The lowest BCUT2D eigenvalue weighted by atomic mass is 10.1. The maximum absolute atomic E-state index is 13.2. The first-order valence-electron chi connectivity index (χ1n) is 8.92. The summed E-state index contributed by atoms with van der Waals surface area (Å²) in [6.45, 7) is 5.18. The molecule has 0 saturated heterocycles. The topological polar surface area (TPSA) is 91.3 Å². The van der Waals surface area contributed by atoms with Crippen LogP contribution in [0.15, 0.2) is 33.9 Å². The molecule has 1 aromatic carbocycles. The smallest absolute Gasteiger partial charge is 0.332 e. The molecule has 3 aromatic rings. The summed E-state index contributed by atoms with van der Waals surface area (Å²) in [6, 6.07) is 6.06. The van der Waals surface area contributed by atoms with Gasteiger partial charge in [-0.25, -0.2) is 9.18 Å². The minimum absolute atomic E-state index is 0.167. The Morgan fingerprint density at radius 2 is 1.82 bits per heavy atom. The van der Waals surface area contributed by atoms with Gasteiger partial charge in [-0.1, -0.05) is 12.1 Å². The first-order chi connectivity index (χ1) is 13.1. The minimum Gasteiger partial charge on any atom is -0.465 e. The molecule has 0 atom stereocenters. The van der Waals surface area contributed by atoms with Gasteiger partial charge in [0.25, 0.3) is 11.6 Å². The zero-order chi connectivity index (χ0) is 20.6. The number of aryl methyl sites for hydroxylation is 1. The van der Waals surface area contributed by atoms with Crippen LogP contribution in [0, 0.1) is 5.82 Å². The second-order valence-corrected chi connectivity index (χ2v) is 7.26. The predicted molar refractivity (Wildman–Crippen MR) is 102 cm³/mol. The van der Waals surface area contributed by atoms with Crippen molar-refractivity contribution in [2.24, 2.45) is 7.05 Å². The Labute approximate surface area is 160 Å². The summed E-state index contributed by atoms with van der Waals surface area (Å²) in [4.78, 5) is 30.1. The molecule has 0 bridgehead atoms. The van der Waals surface area contributed by atoms with Crippen LogP contribution in [0.5, 0.6) is 6.01 Å². The highest BCUT2D eigenvalue weighted by molar-refractivity contribution is 5.72. The van der Waals surface area contributed by atoms with Gasteiger partial charge in [-0.2, -0.15) is 4.98 Å². The second-order valence-electron chi connectivity index (χ2n) is 7.26. The van der Waals surface area contributed by atoms with Gasteiger partial charge in [-0.05, 0) is 38.5 Å². The minimum atomic E-state index is -1.26. The number of hydrogen-bond donors (Lipinski definition) is 1. The third-order valence-electron chi connectivity index (χ3n) is 4.27. The lowest BCUT2D eigenvalue weighted by Crippen LogP contribution is -2.44. The SMILES string of the molecule is CCOc1nc2c(c(=O)n(CC(C)(C)O)c(=O)n2C)n1Cc1ccc(F)cc1. The maximum Gasteiger partial charge on any atom is 0.332 e. The average Bonchev–Trinajstić information content (AvgIpc) is 2.97. The highest BCUT2D eigenvalue weighted by Gasteiger charge is 2.24. The van der Waals surface area contributed by atoms with Gasteiger partial charge in [0.15, 0.2) is 11.2 Å². The number of aromatic nitrogens is 4. The molecule has 1 N–H and O–H groups in total. The molecule has 0 spiro atoms. The Kier molecular flexibility index (Phi) is 5.12. The molecular weight excluding hydrogens is 367 g/mol. The van der Waals surface area contributed by atoms with E-state index < -0.39 is 16.9 Å². The van der Waals surface area contributed by atoms with E-state index >= 15 is 0 Å². The largest absolute Gasteiger partial charge is 0.465 e. The lowest BCUT2D eigenvalue weighted by molar-refractivity contribution is 0.0588. The van der Waals surface area contributed by atoms with E-state index in [1.807, 2.05) is 0 Å². The molecule has 0 aliphatic rings. The van der Waals surface area contributed by atoms with E-state index in [0.29, 0.717) is 6.61 Å². The van der Waals surface area contributed by atoms with Crippen molar-refractivity contribution >= 4 is 11.2 Å². The van der Waals surface area contributed by atoms with Crippen LogP contribution >= 0.6 is 0 Å². The van der Waals surface area contributed by atoms with Gasteiger partial charge in [0.05, 0.1) is 25.3 Å². The van der Waals surface area contributed by atoms with Crippen LogP contribution in [0.3, 0.4) is 0 Å². The van der Waals surface area contributed by atoms with Gasteiger partial charge in [-0.3, -0.25) is 18.5 Å². The average molecular weight is 390 g/mol. The molecule has 0 fully saturated rings. The molecular formula is C19H23FN4O4. The standard InChI is InChI=1S/C19H23FN4O4/c1-5-28-17-21-15-14(23(17)10-12-6-8-13(20)9-7-12)16(25)24(11-19(2,3)27)18(26)22(15)4/h6-9,27H,5,10-11H2,1-4H3. The molecule has 3 rings (SSSR count). The number of rotatable bonds is 6. The quantitative estimate of drug-likeness (QED) is 0.684. The van der Waals surface area contributed by atoms with Crippen LogP contribution in [0.2, 0.25) is 0 Å². The molecule has 28 heavy (non-hydrogen) atoms. The fraction of sp³-hybridized carbons (Fsp3) is 0.421. The summed E-state index contributed by atoms with van der Waals surface area (Å²) in [5.74, 6) is -0.362. The summed E-state index contributed by atoms with van der Waals surface area (Å²) >= 11 is 0. The second kappa shape index (κ2) is 7.23. The highest BCUT2D eigenvalue weighted by Crippen LogP contribution is 2.20. The highest BCUT2D eigenvalue weighted by atomic mass is 19.1. The van der Waals surface area contributed by atoms with Crippen LogP contribution in [0.1, 0.15) is 26.3 Å². The summed E-state index contributed by atoms with van der Waals surface area (Å²) < 4.78 is 22.6. The Balaban J connectivity index is 2.28. The molecule has 0 aliphatic carbocycles. The van der Waals surface area contributed by atoms with Gasteiger partial charge in [0, 0.05) is 7.05 Å². The molecule has 2 heterocycles. The van der Waals surface area contributed by atoms with Crippen LogP contribution in [0.4, 0.5) is 4.39 Å². The Morgan fingerprint density at radius 1 is 1.18 bits per heavy atom. The molecule has 0 saturated carbocycles. The lowest BCUT2D eigenvalue weighted by Gasteiger charge is -2.18. The van der Waals surface area contributed by atoms with Crippen molar-refractivity contribution in [1.82, 2.24) is 18.7 Å². The number of imidazole rings is 1. The van der Waals surface area contributed by atoms with Gasteiger partial charge >= 0.3 is 5.69 Å². The Morgan fingerprint density at radius 3 is 2.39 bits per heavy atom.